The molecule has 0 atom stereocenters. The standard InChI is InChI=1S/C10H20N2O2/c1-3-12-9(11)10(14-4-2)5-7-13-8-6-10/h3-8H2,1-2H3,(H2,11,12). The lowest BCUT2D eigenvalue weighted by Gasteiger charge is -2.36. The molecule has 0 bridgehead atoms. The molecule has 0 spiro atoms. The molecule has 1 rings (SSSR count). The minimum atomic E-state index is -0.358. The van der Waals surface area contributed by atoms with E-state index >= 15 is 0 Å². The van der Waals surface area contributed by atoms with Crippen LogP contribution in [0, 0.1) is 0 Å². The van der Waals surface area contributed by atoms with Gasteiger partial charge in [-0.15, -0.1) is 0 Å². The monoisotopic (exact) mass is 200 g/mol. The van der Waals surface area contributed by atoms with E-state index in [0.29, 0.717) is 32.2 Å². The van der Waals surface area contributed by atoms with Gasteiger partial charge in [0.25, 0.3) is 0 Å². The molecule has 2 N–H and O–H groups in total. The molecule has 0 aliphatic carbocycles. The van der Waals surface area contributed by atoms with Gasteiger partial charge in [-0.1, -0.05) is 0 Å². The van der Waals surface area contributed by atoms with Gasteiger partial charge in [-0.3, -0.25) is 4.99 Å². The van der Waals surface area contributed by atoms with Gasteiger partial charge >= 0.3 is 0 Å². The first-order valence-electron chi connectivity index (χ1n) is 5.27. The highest BCUT2D eigenvalue weighted by atomic mass is 16.5. The molecular weight excluding hydrogens is 180 g/mol. The van der Waals surface area contributed by atoms with Crippen molar-refractivity contribution in [3.05, 3.63) is 0 Å². The van der Waals surface area contributed by atoms with Crippen molar-refractivity contribution in [2.75, 3.05) is 26.4 Å². The van der Waals surface area contributed by atoms with Crippen LogP contribution < -0.4 is 5.73 Å². The highest BCUT2D eigenvalue weighted by Gasteiger charge is 2.37. The van der Waals surface area contributed by atoms with Gasteiger partial charge in [0.05, 0.1) is 0 Å². The van der Waals surface area contributed by atoms with Gasteiger partial charge in [0, 0.05) is 39.2 Å². The van der Waals surface area contributed by atoms with Crippen LogP contribution in [-0.2, 0) is 9.47 Å². The SMILES string of the molecule is CCN=C(N)C1(OCC)CCOCC1. The van der Waals surface area contributed by atoms with Crippen LogP contribution in [0.25, 0.3) is 0 Å². The van der Waals surface area contributed by atoms with Crippen LogP contribution in [0.4, 0.5) is 0 Å². The minimum absolute atomic E-state index is 0.358. The number of ether oxygens (including phenoxy) is 2. The van der Waals surface area contributed by atoms with E-state index in [1.807, 2.05) is 13.8 Å². The third kappa shape index (κ3) is 2.45. The minimum Gasteiger partial charge on any atom is -0.385 e. The Morgan fingerprint density at radius 1 is 1.43 bits per heavy atom. The Morgan fingerprint density at radius 3 is 2.57 bits per heavy atom. The van der Waals surface area contributed by atoms with Crippen LogP contribution in [0.5, 0.6) is 0 Å². The zero-order valence-electron chi connectivity index (χ0n) is 9.08. The van der Waals surface area contributed by atoms with Crippen molar-refractivity contribution < 1.29 is 9.47 Å². The van der Waals surface area contributed by atoms with E-state index in [-0.39, 0.29) is 5.60 Å². The summed E-state index contributed by atoms with van der Waals surface area (Å²) >= 11 is 0. The van der Waals surface area contributed by atoms with Crippen LogP contribution in [0.2, 0.25) is 0 Å². The fourth-order valence-corrected chi connectivity index (χ4v) is 1.77. The predicted molar refractivity (Wildman–Crippen MR) is 56.6 cm³/mol. The first-order chi connectivity index (χ1) is 6.75. The number of amidine groups is 1. The topological polar surface area (TPSA) is 56.8 Å². The van der Waals surface area contributed by atoms with E-state index in [9.17, 15) is 0 Å². The molecule has 4 nitrogen and oxygen atoms in total. The number of aliphatic imine (C=N–C) groups is 1. The Bertz CT molecular complexity index is 193. The van der Waals surface area contributed by atoms with E-state index < -0.39 is 0 Å². The summed E-state index contributed by atoms with van der Waals surface area (Å²) in [5.41, 5.74) is 5.59. The Labute approximate surface area is 85.5 Å². The summed E-state index contributed by atoms with van der Waals surface area (Å²) < 4.78 is 11.1. The summed E-state index contributed by atoms with van der Waals surface area (Å²) in [4.78, 5) is 4.25. The molecule has 0 aromatic rings. The second-order valence-corrected chi connectivity index (χ2v) is 3.40. The van der Waals surface area contributed by atoms with Crippen molar-refractivity contribution >= 4 is 5.84 Å². The molecule has 1 fully saturated rings. The van der Waals surface area contributed by atoms with Crippen molar-refractivity contribution in [3.8, 4) is 0 Å². The Hall–Kier alpha value is -0.610. The lowest BCUT2D eigenvalue weighted by Crippen LogP contribution is -2.50. The van der Waals surface area contributed by atoms with Crippen molar-refractivity contribution in [1.29, 1.82) is 0 Å². The van der Waals surface area contributed by atoms with E-state index in [0.717, 1.165) is 12.8 Å². The van der Waals surface area contributed by atoms with Crippen LogP contribution in [0.3, 0.4) is 0 Å². The van der Waals surface area contributed by atoms with Crippen LogP contribution in [0.1, 0.15) is 26.7 Å². The number of hydrogen-bond acceptors (Lipinski definition) is 3. The van der Waals surface area contributed by atoms with Crippen LogP contribution in [0.15, 0.2) is 4.99 Å². The van der Waals surface area contributed by atoms with Gasteiger partial charge in [0.2, 0.25) is 0 Å². The van der Waals surface area contributed by atoms with E-state index in [4.69, 9.17) is 15.2 Å². The lowest BCUT2D eigenvalue weighted by atomic mass is 9.92. The number of hydrogen-bond donors (Lipinski definition) is 1. The van der Waals surface area contributed by atoms with Gasteiger partial charge in [-0.25, -0.2) is 0 Å². The molecule has 14 heavy (non-hydrogen) atoms. The van der Waals surface area contributed by atoms with Gasteiger partial charge in [-0.05, 0) is 13.8 Å². The maximum atomic E-state index is 5.95. The van der Waals surface area contributed by atoms with Crippen molar-refractivity contribution in [3.63, 3.8) is 0 Å². The first kappa shape index (κ1) is 11.5. The summed E-state index contributed by atoms with van der Waals surface area (Å²) in [6.45, 7) is 6.75. The summed E-state index contributed by atoms with van der Waals surface area (Å²) in [7, 11) is 0. The zero-order chi connectivity index (χ0) is 10.4. The number of nitrogens with zero attached hydrogens (tertiary/aromatic N) is 1. The maximum Gasteiger partial charge on any atom is 0.129 e. The molecule has 0 aromatic heterocycles. The maximum absolute atomic E-state index is 5.95. The second-order valence-electron chi connectivity index (χ2n) is 3.40. The highest BCUT2D eigenvalue weighted by molar-refractivity contribution is 5.89. The smallest absolute Gasteiger partial charge is 0.129 e. The fraction of sp³-hybridized carbons (Fsp3) is 0.900. The average molecular weight is 200 g/mol. The Morgan fingerprint density at radius 2 is 2.07 bits per heavy atom. The van der Waals surface area contributed by atoms with E-state index in [2.05, 4.69) is 4.99 Å². The Balaban J connectivity index is 2.73. The highest BCUT2D eigenvalue weighted by Crippen LogP contribution is 2.25. The largest absolute Gasteiger partial charge is 0.385 e. The van der Waals surface area contributed by atoms with Gasteiger partial charge in [0.1, 0.15) is 11.4 Å². The van der Waals surface area contributed by atoms with Crippen LogP contribution in [-0.4, -0.2) is 37.8 Å². The molecule has 1 aliphatic heterocycles. The molecule has 4 heteroatoms. The van der Waals surface area contributed by atoms with Gasteiger partial charge in [0.15, 0.2) is 0 Å². The number of nitrogens with two attached hydrogens (primary N) is 1. The molecule has 82 valence electrons. The van der Waals surface area contributed by atoms with Crippen LogP contribution >= 0.6 is 0 Å². The predicted octanol–water partition coefficient (Wildman–Crippen LogP) is 0.949. The lowest BCUT2D eigenvalue weighted by molar-refractivity contribution is -0.0646. The molecule has 0 radical (unpaired) electrons. The molecule has 0 saturated carbocycles. The van der Waals surface area contributed by atoms with E-state index in [1.165, 1.54) is 0 Å². The zero-order valence-corrected chi connectivity index (χ0v) is 9.08. The molecule has 0 unspecified atom stereocenters. The normalized spacial score (nSPS) is 22.3. The molecule has 1 aliphatic rings. The third-order valence-corrected chi connectivity index (χ3v) is 2.52. The van der Waals surface area contributed by atoms with E-state index in [1.54, 1.807) is 0 Å². The molecule has 0 amide bonds. The van der Waals surface area contributed by atoms with Crippen molar-refractivity contribution in [1.82, 2.24) is 0 Å². The molecule has 1 heterocycles. The summed E-state index contributed by atoms with van der Waals surface area (Å²) in [6.07, 6.45) is 1.63. The molecule has 0 aromatic carbocycles. The second kappa shape index (κ2) is 5.32. The fourth-order valence-electron chi connectivity index (χ4n) is 1.77. The van der Waals surface area contributed by atoms with Crippen molar-refractivity contribution in [2.45, 2.75) is 32.3 Å². The quantitative estimate of drug-likeness (QED) is 0.543. The van der Waals surface area contributed by atoms with Gasteiger partial charge < -0.3 is 15.2 Å². The number of rotatable bonds is 4. The summed E-state index contributed by atoms with van der Waals surface area (Å²) in [6, 6.07) is 0. The summed E-state index contributed by atoms with van der Waals surface area (Å²) in [5.74, 6) is 0.630. The first-order valence-corrected chi connectivity index (χ1v) is 5.27. The van der Waals surface area contributed by atoms with Crippen molar-refractivity contribution in [2.24, 2.45) is 10.7 Å². The Kier molecular flexibility index (Phi) is 4.35. The summed E-state index contributed by atoms with van der Waals surface area (Å²) in [5, 5.41) is 0. The molecular formula is C10H20N2O2. The van der Waals surface area contributed by atoms with Gasteiger partial charge in [-0.2, -0.15) is 0 Å². The molecule has 1 saturated heterocycles. The third-order valence-electron chi connectivity index (χ3n) is 2.52. The average Bonchev–Trinajstić information content (AvgIpc) is 2.20.